The molecule has 0 unspecified atom stereocenters. The zero-order valence-corrected chi connectivity index (χ0v) is 15.1. The summed E-state index contributed by atoms with van der Waals surface area (Å²) < 4.78 is 39.9. The number of carboxylic acid groups (broad SMARTS) is 1. The molecule has 0 heterocycles. The lowest BCUT2D eigenvalue weighted by Crippen LogP contribution is -2.24. The Balaban J connectivity index is 1.75. The van der Waals surface area contributed by atoms with Crippen molar-refractivity contribution in [3.8, 4) is 22.6 Å². The van der Waals surface area contributed by atoms with Gasteiger partial charge < -0.3 is 14.6 Å². The Morgan fingerprint density at radius 3 is 2.48 bits per heavy atom. The first-order valence-electron chi connectivity index (χ1n) is 9.07. The van der Waals surface area contributed by atoms with Gasteiger partial charge in [0.05, 0.1) is 12.2 Å². The first-order valence-corrected chi connectivity index (χ1v) is 9.07. The van der Waals surface area contributed by atoms with Gasteiger partial charge in [0.1, 0.15) is 5.75 Å². The van der Waals surface area contributed by atoms with E-state index in [1.54, 1.807) is 25.1 Å². The van der Waals surface area contributed by atoms with Crippen LogP contribution in [0.2, 0.25) is 0 Å². The number of hydrogen-bond donors (Lipinski definition) is 1. The molecule has 0 radical (unpaired) electrons. The molecular formula is C21H22F2O4. The summed E-state index contributed by atoms with van der Waals surface area (Å²) in [6.45, 7) is 1.58. The molecule has 0 aliphatic heterocycles. The minimum Gasteiger partial charge on any atom is -0.490 e. The van der Waals surface area contributed by atoms with Gasteiger partial charge in [-0.3, -0.25) is 4.79 Å². The second kappa shape index (κ2) is 8.37. The first-order chi connectivity index (χ1) is 12.9. The van der Waals surface area contributed by atoms with Crippen LogP contribution in [0.1, 0.15) is 39.0 Å². The van der Waals surface area contributed by atoms with Crippen LogP contribution in [0.25, 0.3) is 11.1 Å². The summed E-state index contributed by atoms with van der Waals surface area (Å²) in [7, 11) is 0. The van der Waals surface area contributed by atoms with Crippen molar-refractivity contribution in [2.24, 2.45) is 0 Å². The monoisotopic (exact) mass is 376 g/mol. The maximum Gasteiger partial charge on any atom is 0.303 e. The van der Waals surface area contributed by atoms with E-state index in [0.717, 1.165) is 19.3 Å². The molecule has 1 aliphatic rings. The van der Waals surface area contributed by atoms with Gasteiger partial charge in [-0.1, -0.05) is 12.1 Å². The number of hydrogen-bond acceptors (Lipinski definition) is 3. The lowest BCUT2D eigenvalue weighted by atomic mass is 9.96. The van der Waals surface area contributed by atoms with Gasteiger partial charge in [0, 0.05) is 6.42 Å². The van der Waals surface area contributed by atoms with Crippen molar-refractivity contribution in [2.45, 2.75) is 51.2 Å². The van der Waals surface area contributed by atoms with E-state index >= 15 is 0 Å². The fraction of sp³-hybridized carbons (Fsp3) is 0.381. The minimum atomic E-state index is -0.981. The highest BCUT2D eigenvalue weighted by molar-refractivity contribution is 5.67. The van der Waals surface area contributed by atoms with Gasteiger partial charge in [-0.05, 0) is 68.0 Å². The van der Waals surface area contributed by atoms with Crippen molar-refractivity contribution >= 4 is 5.97 Å². The predicted molar refractivity (Wildman–Crippen MR) is 97.0 cm³/mol. The molecule has 1 aliphatic carbocycles. The average Bonchev–Trinajstić information content (AvgIpc) is 2.59. The van der Waals surface area contributed by atoms with E-state index in [1.165, 1.54) is 12.1 Å². The molecule has 144 valence electrons. The number of halogens is 2. The van der Waals surface area contributed by atoms with E-state index in [-0.39, 0.29) is 18.9 Å². The Kier molecular flexibility index (Phi) is 5.94. The Morgan fingerprint density at radius 2 is 1.89 bits per heavy atom. The number of carbonyl (C=O) groups is 1. The third kappa shape index (κ3) is 4.96. The van der Waals surface area contributed by atoms with Crippen LogP contribution in [0, 0.1) is 11.6 Å². The maximum absolute atomic E-state index is 14.4. The lowest BCUT2D eigenvalue weighted by molar-refractivity contribution is -0.137. The van der Waals surface area contributed by atoms with Crippen LogP contribution in [0.5, 0.6) is 11.5 Å². The van der Waals surface area contributed by atoms with Crippen LogP contribution < -0.4 is 9.47 Å². The van der Waals surface area contributed by atoms with Crippen LogP contribution in [-0.2, 0) is 4.79 Å². The molecule has 1 atom stereocenters. The van der Waals surface area contributed by atoms with E-state index < -0.39 is 29.5 Å². The van der Waals surface area contributed by atoms with Crippen LogP contribution in [0.3, 0.4) is 0 Å². The highest BCUT2D eigenvalue weighted by atomic mass is 19.1. The summed E-state index contributed by atoms with van der Waals surface area (Å²) in [6.07, 6.45) is 2.85. The van der Waals surface area contributed by atoms with E-state index in [9.17, 15) is 13.6 Å². The van der Waals surface area contributed by atoms with Gasteiger partial charge in [-0.15, -0.1) is 0 Å². The van der Waals surface area contributed by atoms with Crippen molar-refractivity contribution in [1.82, 2.24) is 0 Å². The SMILES string of the molecule is C[C@H](CCC(=O)O)Oc1c(F)cc(-c2cccc(OC3CCC3)c2)cc1F. The second-order valence-electron chi connectivity index (χ2n) is 6.83. The number of benzene rings is 2. The molecule has 2 aromatic carbocycles. The quantitative estimate of drug-likeness (QED) is 0.688. The topological polar surface area (TPSA) is 55.8 Å². The average molecular weight is 376 g/mol. The molecule has 2 aromatic rings. The maximum atomic E-state index is 14.4. The Labute approximate surface area is 156 Å². The number of carboxylic acids is 1. The molecular weight excluding hydrogens is 354 g/mol. The van der Waals surface area contributed by atoms with Crippen molar-refractivity contribution in [3.63, 3.8) is 0 Å². The largest absolute Gasteiger partial charge is 0.490 e. The number of aliphatic carboxylic acids is 1. The number of ether oxygens (including phenoxy) is 2. The fourth-order valence-electron chi connectivity index (χ4n) is 2.86. The summed E-state index contributed by atoms with van der Waals surface area (Å²) >= 11 is 0. The van der Waals surface area contributed by atoms with Gasteiger partial charge in [-0.2, -0.15) is 0 Å². The predicted octanol–water partition coefficient (Wildman–Crippen LogP) is 5.20. The lowest BCUT2D eigenvalue weighted by Gasteiger charge is -2.26. The van der Waals surface area contributed by atoms with Crippen molar-refractivity contribution < 1.29 is 28.2 Å². The van der Waals surface area contributed by atoms with Gasteiger partial charge in [0.2, 0.25) is 0 Å². The van der Waals surface area contributed by atoms with Crippen LogP contribution in [-0.4, -0.2) is 23.3 Å². The zero-order chi connectivity index (χ0) is 19.4. The molecule has 0 saturated heterocycles. The van der Waals surface area contributed by atoms with Gasteiger partial charge in [0.25, 0.3) is 0 Å². The standard InChI is InChI=1S/C21H22F2O4/c1-13(8-9-20(24)25)26-21-18(22)11-15(12-19(21)23)14-4-2-7-17(10-14)27-16-5-3-6-16/h2,4,7,10-13,16H,3,5-6,8-9H2,1H3,(H,24,25)/t13-/m1/s1. The van der Waals surface area contributed by atoms with Crippen molar-refractivity contribution in [1.29, 1.82) is 0 Å². The van der Waals surface area contributed by atoms with Crippen molar-refractivity contribution in [2.75, 3.05) is 0 Å². The molecule has 0 bridgehead atoms. The van der Waals surface area contributed by atoms with E-state index in [1.807, 2.05) is 6.07 Å². The summed E-state index contributed by atoms with van der Waals surface area (Å²) in [5, 5.41) is 8.68. The molecule has 0 spiro atoms. The smallest absolute Gasteiger partial charge is 0.303 e. The molecule has 3 rings (SSSR count). The van der Waals surface area contributed by atoms with Crippen LogP contribution >= 0.6 is 0 Å². The molecule has 1 saturated carbocycles. The third-order valence-corrected chi connectivity index (χ3v) is 4.60. The normalized spacial score (nSPS) is 15.1. The fourth-order valence-corrected chi connectivity index (χ4v) is 2.86. The molecule has 27 heavy (non-hydrogen) atoms. The summed E-state index contributed by atoms with van der Waals surface area (Å²) in [5.74, 6) is -2.43. The summed E-state index contributed by atoms with van der Waals surface area (Å²) in [5.41, 5.74) is 1.03. The van der Waals surface area contributed by atoms with E-state index in [4.69, 9.17) is 14.6 Å². The highest BCUT2D eigenvalue weighted by Crippen LogP contribution is 2.32. The van der Waals surface area contributed by atoms with E-state index in [2.05, 4.69) is 0 Å². The first kappa shape index (κ1) is 19.1. The molecule has 1 N–H and O–H groups in total. The highest BCUT2D eigenvalue weighted by Gasteiger charge is 2.20. The second-order valence-corrected chi connectivity index (χ2v) is 6.83. The molecule has 1 fully saturated rings. The summed E-state index contributed by atoms with van der Waals surface area (Å²) in [4.78, 5) is 10.6. The minimum absolute atomic E-state index is 0.129. The zero-order valence-electron chi connectivity index (χ0n) is 15.1. The Morgan fingerprint density at radius 1 is 1.19 bits per heavy atom. The van der Waals surface area contributed by atoms with Crippen molar-refractivity contribution in [3.05, 3.63) is 48.0 Å². The molecule has 6 heteroatoms. The molecule has 4 nitrogen and oxygen atoms in total. The Hall–Kier alpha value is -2.63. The third-order valence-electron chi connectivity index (χ3n) is 4.60. The van der Waals surface area contributed by atoms with Gasteiger partial charge >= 0.3 is 5.97 Å². The van der Waals surface area contributed by atoms with Gasteiger partial charge in [-0.25, -0.2) is 8.78 Å². The van der Waals surface area contributed by atoms with Gasteiger partial charge in [0.15, 0.2) is 17.4 Å². The Bertz CT molecular complexity index is 795. The van der Waals surface area contributed by atoms with Crippen LogP contribution in [0.4, 0.5) is 8.78 Å². The molecule has 0 amide bonds. The summed E-state index contributed by atoms with van der Waals surface area (Å²) in [6, 6.07) is 9.57. The van der Waals surface area contributed by atoms with E-state index in [0.29, 0.717) is 16.9 Å². The number of rotatable bonds is 8. The molecule has 0 aromatic heterocycles. The van der Waals surface area contributed by atoms with Crippen LogP contribution in [0.15, 0.2) is 36.4 Å².